The van der Waals surface area contributed by atoms with Crippen molar-refractivity contribution in [1.82, 2.24) is 4.90 Å². The number of piperidine rings is 1. The minimum absolute atomic E-state index is 0.118. The zero-order valence-corrected chi connectivity index (χ0v) is 18.4. The number of morpholine rings is 1. The van der Waals surface area contributed by atoms with Crippen molar-refractivity contribution in [3.63, 3.8) is 0 Å². The highest BCUT2D eigenvalue weighted by Gasteiger charge is 2.36. The van der Waals surface area contributed by atoms with E-state index in [0.717, 1.165) is 18.5 Å². The fourth-order valence-corrected chi connectivity index (χ4v) is 4.56. The van der Waals surface area contributed by atoms with Gasteiger partial charge < -0.3 is 24.2 Å². The maximum atomic E-state index is 13.5. The second kappa shape index (κ2) is 9.23. The standard InChI is InChI=1S/C25H27N3O5/c29-23-7-3-4-12-27(23)19-10-8-18(9-11-19)24(30)28-17-22(25(31)26-13-15-32-16-14-26)33-21-6-2-1-5-20(21)28/h1-2,5-6,8-11,22H,3-4,7,12-17H2/t22-/m1/s1. The van der Waals surface area contributed by atoms with Crippen molar-refractivity contribution in [2.24, 2.45) is 0 Å². The predicted molar refractivity (Wildman–Crippen MR) is 123 cm³/mol. The van der Waals surface area contributed by atoms with Gasteiger partial charge in [0.2, 0.25) is 5.91 Å². The molecule has 3 aliphatic rings. The molecule has 2 fully saturated rings. The van der Waals surface area contributed by atoms with Gasteiger partial charge in [-0.2, -0.15) is 0 Å². The van der Waals surface area contributed by atoms with Crippen molar-refractivity contribution in [3.8, 4) is 5.75 Å². The average molecular weight is 450 g/mol. The Labute approximate surface area is 192 Å². The molecule has 0 N–H and O–H groups in total. The van der Waals surface area contributed by atoms with E-state index in [9.17, 15) is 14.4 Å². The van der Waals surface area contributed by atoms with Gasteiger partial charge in [0.15, 0.2) is 6.10 Å². The molecule has 8 nitrogen and oxygen atoms in total. The van der Waals surface area contributed by atoms with Crippen molar-refractivity contribution in [1.29, 1.82) is 0 Å². The SMILES string of the molecule is O=C([C@H]1CN(C(=O)c2ccc(N3CCCCC3=O)cc2)c2ccccc2O1)N1CCOCC1. The van der Waals surface area contributed by atoms with E-state index in [-0.39, 0.29) is 24.3 Å². The van der Waals surface area contributed by atoms with Crippen molar-refractivity contribution >= 4 is 29.1 Å². The Morgan fingerprint density at radius 3 is 2.42 bits per heavy atom. The first-order valence-electron chi connectivity index (χ1n) is 11.5. The number of rotatable bonds is 3. The third kappa shape index (κ3) is 4.30. The molecule has 0 bridgehead atoms. The van der Waals surface area contributed by atoms with Gasteiger partial charge >= 0.3 is 0 Å². The van der Waals surface area contributed by atoms with E-state index in [2.05, 4.69) is 0 Å². The molecule has 3 heterocycles. The maximum Gasteiger partial charge on any atom is 0.265 e. The second-order valence-electron chi connectivity index (χ2n) is 8.48. The lowest BCUT2D eigenvalue weighted by Crippen LogP contribution is -2.54. The largest absolute Gasteiger partial charge is 0.476 e. The molecule has 0 aromatic heterocycles. The molecule has 5 rings (SSSR count). The van der Waals surface area contributed by atoms with E-state index in [4.69, 9.17) is 9.47 Å². The van der Waals surface area contributed by atoms with Gasteiger partial charge in [-0.25, -0.2) is 0 Å². The van der Waals surface area contributed by atoms with Crippen LogP contribution in [0.4, 0.5) is 11.4 Å². The highest BCUT2D eigenvalue weighted by Crippen LogP contribution is 2.35. The summed E-state index contributed by atoms with van der Waals surface area (Å²) in [4.78, 5) is 43.9. The molecule has 2 aromatic rings. The van der Waals surface area contributed by atoms with Gasteiger partial charge in [-0.3, -0.25) is 14.4 Å². The van der Waals surface area contributed by atoms with Crippen LogP contribution < -0.4 is 14.5 Å². The third-order valence-corrected chi connectivity index (χ3v) is 6.37. The van der Waals surface area contributed by atoms with Crippen LogP contribution >= 0.6 is 0 Å². The Kier molecular flexibility index (Phi) is 6.00. The van der Waals surface area contributed by atoms with Crippen LogP contribution in [-0.2, 0) is 14.3 Å². The molecule has 3 aliphatic heterocycles. The summed E-state index contributed by atoms with van der Waals surface area (Å²) in [5.74, 6) is 0.290. The van der Waals surface area contributed by atoms with Crippen LogP contribution in [0, 0.1) is 0 Å². The van der Waals surface area contributed by atoms with Crippen molar-refractivity contribution < 1.29 is 23.9 Å². The molecular weight excluding hydrogens is 422 g/mol. The molecule has 0 radical (unpaired) electrons. The summed E-state index contributed by atoms with van der Waals surface area (Å²) in [6, 6.07) is 14.4. The average Bonchev–Trinajstić information content (AvgIpc) is 2.88. The van der Waals surface area contributed by atoms with Crippen LogP contribution in [0.1, 0.15) is 29.6 Å². The number of hydrogen-bond acceptors (Lipinski definition) is 5. The first-order chi connectivity index (χ1) is 16.1. The Morgan fingerprint density at radius 1 is 0.909 bits per heavy atom. The lowest BCUT2D eigenvalue weighted by Gasteiger charge is -2.37. The molecule has 0 aliphatic carbocycles. The van der Waals surface area contributed by atoms with E-state index >= 15 is 0 Å². The van der Waals surface area contributed by atoms with Crippen LogP contribution in [0.3, 0.4) is 0 Å². The number of amides is 3. The molecule has 2 aromatic carbocycles. The summed E-state index contributed by atoms with van der Waals surface area (Å²) in [7, 11) is 0. The highest BCUT2D eigenvalue weighted by atomic mass is 16.5. The Hall–Kier alpha value is -3.39. The fraction of sp³-hybridized carbons (Fsp3) is 0.400. The zero-order valence-electron chi connectivity index (χ0n) is 18.4. The van der Waals surface area contributed by atoms with Crippen molar-refractivity contribution in [2.45, 2.75) is 25.4 Å². The fourth-order valence-electron chi connectivity index (χ4n) is 4.56. The molecule has 3 amide bonds. The second-order valence-corrected chi connectivity index (χ2v) is 8.48. The van der Waals surface area contributed by atoms with Gasteiger partial charge in [-0.1, -0.05) is 12.1 Å². The van der Waals surface area contributed by atoms with Crippen LogP contribution in [0.2, 0.25) is 0 Å². The normalized spacial score (nSPS) is 20.8. The Balaban J connectivity index is 1.38. The first kappa shape index (κ1) is 21.5. The zero-order chi connectivity index (χ0) is 22.8. The maximum absolute atomic E-state index is 13.5. The summed E-state index contributed by atoms with van der Waals surface area (Å²) in [6.07, 6.45) is 1.69. The number of carbonyl (C=O) groups is 3. The molecule has 0 unspecified atom stereocenters. The third-order valence-electron chi connectivity index (χ3n) is 6.37. The summed E-state index contributed by atoms with van der Waals surface area (Å²) >= 11 is 0. The van der Waals surface area contributed by atoms with Crippen molar-refractivity contribution in [2.75, 3.05) is 49.2 Å². The van der Waals surface area contributed by atoms with Crippen LogP contribution in [0.25, 0.3) is 0 Å². The summed E-state index contributed by atoms with van der Waals surface area (Å²) in [6.45, 7) is 2.88. The number of benzene rings is 2. The lowest BCUT2D eigenvalue weighted by molar-refractivity contribution is -0.142. The van der Waals surface area contributed by atoms with Crippen molar-refractivity contribution in [3.05, 3.63) is 54.1 Å². The van der Waals surface area contributed by atoms with E-state index in [0.29, 0.717) is 56.3 Å². The monoisotopic (exact) mass is 449 g/mol. The lowest BCUT2D eigenvalue weighted by atomic mass is 10.1. The van der Waals surface area contributed by atoms with Gasteiger partial charge in [0, 0.05) is 37.3 Å². The number of anilines is 2. The summed E-state index contributed by atoms with van der Waals surface area (Å²) in [5, 5.41) is 0. The number of ether oxygens (including phenoxy) is 2. The van der Waals surface area contributed by atoms with Gasteiger partial charge in [0.1, 0.15) is 5.75 Å². The van der Waals surface area contributed by atoms with Crippen LogP contribution in [0.5, 0.6) is 5.75 Å². The number of nitrogens with zero attached hydrogens (tertiary/aromatic N) is 3. The Morgan fingerprint density at radius 2 is 1.67 bits per heavy atom. The van der Waals surface area contributed by atoms with E-state index in [1.807, 2.05) is 30.3 Å². The molecular formula is C25H27N3O5. The van der Waals surface area contributed by atoms with Crippen LogP contribution in [0.15, 0.2) is 48.5 Å². The van der Waals surface area contributed by atoms with Gasteiger partial charge in [-0.05, 0) is 49.2 Å². The molecule has 1 atom stereocenters. The molecule has 8 heteroatoms. The molecule has 0 saturated carbocycles. The molecule has 0 spiro atoms. The minimum atomic E-state index is -0.771. The number of carbonyl (C=O) groups excluding carboxylic acids is 3. The highest BCUT2D eigenvalue weighted by molar-refractivity contribution is 6.08. The number of fused-ring (bicyclic) bond motifs is 1. The van der Waals surface area contributed by atoms with E-state index in [1.54, 1.807) is 32.9 Å². The molecule has 2 saturated heterocycles. The predicted octanol–water partition coefficient (Wildman–Crippen LogP) is 2.47. The first-order valence-corrected chi connectivity index (χ1v) is 11.5. The summed E-state index contributed by atoms with van der Waals surface area (Å²) < 4.78 is 11.4. The number of para-hydroxylation sites is 2. The van der Waals surface area contributed by atoms with Crippen LogP contribution in [-0.4, -0.2) is 68.1 Å². The minimum Gasteiger partial charge on any atom is -0.476 e. The Bertz CT molecular complexity index is 1050. The topological polar surface area (TPSA) is 79.4 Å². The van der Waals surface area contributed by atoms with Gasteiger partial charge in [0.25, 0.3) is 11.8 Å². The van der Waals surface area contributed by atoms with E-state index < -0.39 is 6.10 Å². The van der Waals surface area contributed by atoms with Gasteiger partial charge in [-0.15, -0.1) is 0 Å². The smallest absolute Gasteiger partial charge is 0.265 e. The molecule has 33 heavy (non-hydrogen) atoms. The quantitative estimate of drug-likeness (QED) is 0.719. The van der Waals surface area contributed by atoms with Gasteiger partial charge in [0.05, 0.1) is 25.4 Å². The number of hydrogen-bond donors (Lipinski definition) is 0. The molecule has 172 valence electrons. The van der Waals surface area contributed by atoms with E-state index in [1.165, 1.54) is 0 Å². The summed E-state index contributed by atoms with van der Waals surface area (Å²) in [5.41, 5.74) is 1.94.